The number of nitrogens with zero attached hydrogens (tertiary/aromatic N) is 3. The van der Waals surface area contributed by atoms with Gasteiger partial charge in [-0.1, -0.05) is 0 Å². The molecule has 0 radical (unpaired) electrons. The van der Waals surface area contributed by atoms with E-state index >= 15 is 0 Å². The highest BCUT2D eigenvalue weighted by Crippen LogP contribution is 2.34. The van der Waals surface area contributed by atoms with E-state index in [1.807, 2.05) is 0 Å². The van der Waals surface area contributed by atoms with Crippen molar-refractivity contribution in [2.24, 2.45) is 0 Å². The van der Waals surface area contributed by atoms with E-state index in [9.17, 15) is 4.79 Å². The lowest BCUT2D eigenvalue weighted by Crippen LogP contribution is -2.28. The van der Waals surface area contributed by atoms with Gasteiger partial charge in [-0.3, -0.25) is 4.79 Å². The fourth-order valence-electron chi connectivity index (χ4n) is 2.19. The predicted octanol–water partition coefficient (Wildman–Crippen LogP) is 2.64. The van der Waals surface area contributed by atoms with Gasteiger partial charge in [-0.2, -0.15) is 10.5 Å². The molecule has 19 heavy (non-hydrogen) atoms. The predicted molar refractivity (Wildman–Crippen MR) is 71.8 cm³/mol. The highest BCUT2D eigenvalue weighted by atomic mass is 16.1. The average Bonchev–Trinajstić information content (AvgIpc) is 3.23. The molecule has 4 nitrogen and oxygen atoms in total. The van der Waals surface area contributed by atoms with Crippen LogP contribution in [0.2, 0.25) is 0 Å². The van der Waals surface area contributed by atoms with Gasteiger partial charge in [0.15, 0.2) is 5.78 Å². The Labute approximate surface area is 112 Å². The lowest BCUT2D eigenvalue weighted by atomic mass is 10.0. The Hall–Kier alpha value is -2.33. The fourth-order valence-corrected chi connectivity index (χ4v) is 2.19. The second-order valence-electron chi connectivity index (χ2n) is 4.73. The Balaban J connectivity index is 2.41. The molecule has 0 heterocycles. The minimum absolute atomic E-state index is 0.0119. The SMILES string of the molecule is CC(=O)c1ccc(C#N)cc1N(CCC#N)C1CC1. The molecule has 4 heteroatoms. The molecule has 2 rings (SSSR count). The smallest absolute Gasteiger partial charge is 0.161 e. The summed E-state index contributed by atoms with van der Waals surface area (Å²) in [5.41, 5.74) is 1.97. The molecule has 0 saturated heterocycles. The van der Waals surface area contributed by atoms with Crippen LogP contribution in [-0.2, 0) is 0 Å². The van der Waals surface area contributed by atoms with Gasteiger partial charge in [0.2, 0.25) is 0 Å². The number of ketones is 1. The van der Waals surface area contributed by atoms with Crippen LogP contribution in [0.25, 0.3) is 0 Å². The highest BCUT2D eigenvalue weighted by molar-refractivity contribution is 6.00. The first kappa shape index (κ1) is 13.1. The zero-order chi connectivity index (χ0) is 13.8. The van der Waals surface area contributed by atoms with Crippen LogP contribution in [0.4, 0.5) is 5.69 Å². The van der Waals surface area contributed by atoms with Crippen LogP contribution in [0.3, 0.4) is 0 Å². The number of Topliss-reactive ketones (excluding diaryl/α,β-unsaturated/α-hetero) is 1. The number of hydrogen-bond acceptors (Lipinski definition) is 4. The van der Waals surface area contributed by atoms with Gasteiger partial charge < -0.3 is 4.90 Å². The molecular formula is C15H15N3O. The van der Waals surface area contributed by atoms with Crippen molar-refractivity contribution < 1.29 is 4.79 Å². The van der Waals surface area contributed by atoms with Crippen LogP contribution >= 0.6 is 0 Å². The summed E-state index contributed by atoms with van der Waals surface area (Å²) in [5, 5.41) is 17.7. The third-order valence-corrected chi connectivity index (χ3v) is 3.27. The summed E-state index contributed by atoms with van der Waals surface area (Å²) >= 11 is 0. The van der Waals surface area contributed by atoms with Gasteiger partial charge in [0.1, 0.15) is 0 Å². The molecule has 0 spiro atoms. The number of hydrogen-bond donors (Lipinski definition) is 0. The number of carbonyl (C=O) groups is 1. The molecule has 0 atom stereocenters. The third kappa shape index (κ3) is 2.92. The fraction of sp³-hybridized carbons (Fsp3) is 0.400. The topological polar surface area (TPSA) is 67.9 Å². The van der Waals surface area contributed by atoms with Crippen LogP contribution in [0.15, 0.2) is 18.2 Å². The molecule has 0 bridgehead atoms. The molecule has 1 aromatic rings. The van der Waals surface area contributed by atoms with Gasteiger partial charge >= 0.3 is 0 Å². The van der Waals surface area contributed by atoms with E-state index in [1.54, 1.807) is 18.2 Å². The van der Waals surface area contributed by atoms with Gasteiger partial charge in [0.05, 0.1) is 24.1 Å². The Morgan fingerprint density at radius 2 is 2.16 bits per heavy atom. The van der Waals surface area contributed by atoms with Crippen LogP contribution in [0.5, 0.6) is 0 Å². The van der Waals surface area contributed by atoms with Crippen molar-refractivity contribution in [2.45, 2.75) is 32.2 Å². The molecule has 0 amide bonds. The first-order valence-electron chi connectivity index (χ1n) is 6.36. The number of anilines is 1. The van der Waals surface area contributed by atoms with Gasteiger partial charge in [0, 0.05) is 23.8 Å². The van der Waals surface area contributed by atoms with Crippen molar-refractivity contribution in [3.8, 4) is 12.1 Å². The molecule has 1 saturated carbocycles. The van der Waals surface area contributed by atoms with E-state index in [-0.39, 0.29) is 5.78 Å². The lowest BCUT2D eigenvalue weighted by Gasteiger charge is -2.25. The minimum atomic E-state index is -0.0119. The van der Waals surface area contributed by atoms with Gasteiger partial charge in [-0.15, -0.1) is 0 Å². The van der Waals surface area contributed by atoms with Gasteiger partial charge in [-0.05, 0) is 38.0 Å². The van der Waals surface area contributed by atoms with Crippen molar-refractivity contribution in [2.75, 3.05) is 11.4 Å². The maximum Gasteiger partial charge on any atom is 0.161 e. The van der Waals surface area contributed by atoms with E-state index in [4.69, 9.17) is 10.5 Å². The van der Waals surface area contributed by atoms with Gasteiger partial charge in [0.25, 0.3) is 0 Å². The van der Waals surface area contributed by atoms with Crippen molar-refractivity contribution in [3.05, 3.63) is 29.3 Å². The average molecular weight is 253 g/mol. The summed E-state index contributed by atoms with van der Waals surface area (Å²) in [6.07, 6.45) is 2.59. The second kappa shape index (κ2) is 5.54. The molecule has 0 N–H and O–H groups in total. The summed E-state index contributed by atoms with van der Waals surface area (Å²) in [4.78, 5) is 13.8. The molecule has 1 aliphatic carbocycles. The Kier molecular flexibility index (Phi) is 3.82. The highest BCUT2D eigenvalue weighted by Gasteiger charge is 2.30. The summed E-state index contributed by atoms with van der Waals surface area (Å²) in [6, 6.07) is 9.77. The second-order valence-corrected chi connectivity index (χ2v) is 4.73. The maximum atomic E-state index is 11.7. The van der Waals surface area contributed by atoms with Crippen LogP contribution in [-0.4, -0.2) is 18.4 Å². The Bertz CT molecular complexity index is 576. The molecule has 1 fully saturated rings. The molecule has 0 aromatic heterocycles. The van der Waals surface area contributed by atoms with E-state index in [0.29, 0.717) is 30.1 Å². The molecule has 1 aromatic carbocycles. The van der Waals surface area contributed by atoms with Crippen molar-refractivity contribution >= 4 is 11.5 Å². The normalized spacial score (nSPS) is 13.4. The molecular weight excluding hydrogens is 238 g/mol. The van der Waals surface area contributed by atoms with Crippen LogP contribution in [0.1, 0.15) is 42.1 Å². The number of rotatable bonds is 5. The molecule has 96 valence electrons. The Morgan fingerprint density at radius 3 is 2.68 bits per heavy atom. The largest absolute Gasteiger partial charge is 0.367 e. The van der Waals surface area contributed by atoms with Crippen molar-refractivity contribution in [1.29, 1.82) is 10.5 Å². The number of nitriles is 2. The summed E-state index contributed by atoms with van der Waals surface area (Å²) < 4.78 is 0. The molecule has 1 aliphatic rings. The zero-order valence-electron chi connectivity index (χ0n) is 10.9. The monoisotopic (exact) mass is 253 g/mol. The summed E-state index contributed by atoms with van der Waals surface area (Å²) in [7, 11) is 0. The quantitative estimate of drug-likeness (QED) is 0.756. The van der Waals surface area contributed by atoms with Crippen molar-refractivity contribution in [3.63, 3.8) is 0 Å². The summed E-state index contributed by atoms with van der Waals surface area (Å²) in [6.45, 7) is 2.14. The van der Waals surface area contributed by atoms with E-state index in [0.717, 1.165) is 18.5 Å². The number of carbonyl (C=O) groups excluding carboxylic acids is 1. The lowest BCUT2D eigenvalue weighted by molar-refractivity contribution is 0.101. The summed E-state index contributed by atoms with van der Waals surface area (Å²) in [5.74, 6) is -0.0119. The third-order valence-electron chi connectivity index (χ3n) is 3.27. The molecule has 0 aliphatic heterocycles. The number of benzene rings is 1. The first-order chi connectivity index (χ1) is 9.17. The van der Waals surface area contributed by atoms with Crippen LogP contribution < -0.4 is 4.90 Å². The zero-order valence-corrected chi connectivity index (χ0v) is 10.9. The van der Waals surface area contributed by atoms with Crippen molar-refractivity contribution in [1.82, 2.24) is 0 Å². The first-order valence-corrected chi connectivity index (χ1v) is 6.36. The maximum absolute atomic E-state index is 11.7. The van der Waals surface area contributed by atoms with E-state index < -0.39 is 0 Å². The Morgan fingerprint density at radius 1 is 1.42 bits per heavy atom. The van der Waals surface area contributed by atoms with Gasteiger partial charge in [-0.25, -0.2) is 0 Å². The minimum Gasteiger partial charge on any atom is -0.367 e. The standard InChI is InChI=1S/C15H15N3O/c1-11(19)14-6-3-12(10-17)9-15(14)18(8-2-7-16)13-4-5-13/h3,6,9,13H,2,4-5,8H2,1H3. The molecule has 0 unspecified atom stereocenters. The van der Waals surface area contributed by atoms with E-state index in [1.165, 1.54) is 6.92 Å². The van der Waals surface area contributed by atoms with E-state index in [2.05, 4.69) is 17.0 Å². The van der Waals surface area contributed by atoms with Crippen LogP contribution in [0, 0.1) is 22.7 Å².